The maximum atomic E-state index is 12.1. The van der Waals surface area contributed by atoms with Gasteiger partial charge in [0.15, 0.2) is 0 Å². The largest absolute Gasteiger partial charge is 0.324 e. The van der Waals surface area contributed by atoms with E-state index in [0.29, 0.717) is 10.7 Å². The molecule has 0 radical (unpaired) electrons. The smallest absolute Gasteiger partial charge is 0.244 e. The summed E-state index contributed by atoms with van der Waals surface area (Å²) in [7, 11) is 0. The van der Waals surface area contributed by atoms with Crippen molar-refractivity contribution in [3.8, 4) is 0 Å². The molecule has 0 bridgehead atoms. The molecule has 0 saturated heterocycles. The number of amides is 1. The van der Waals surface area contributed by atoms with Crippen molar-refractivity contribution in [1.29, 1.82) is 0 Å². The fraction of sp³-hybridized carbons (Fsp3) is 0.462. The van der Waals surface area contributed by atoms with Crippen molar-refractivity contribution in [2.75, 3.05) is 5.32 Å². The third kappa shape index (κ3) is 2.99. The lowest BCUT2D eigenvalue weighted by molar-refractivity contribution is -0.122. The van der Waals surface area contributed by atoms with Crippen molar-refractivity contribution in [1.82, 2.24) is 0 Å². The van der Waals surface area contributed by atoms with Crippen molar-refractivity contribution in [3.63, 3.8) is 0 Å². The van der Waals surface area contributed by atoms with Crippen molar-refractivity contribution >= 4 is 23.2 Å². The van der Waals surface area contributed by atoms with E-state index < -0.39 is 5.54 Å². The highest BCUT2D eigenvalue weighted by Crippen LogP contribution is 2.27. The highest BCUT2D eigenvalue weighted by Gasteiger charge is 2.35. The molecule has 4 heteroatoms. The van der Waals surface area contributed by atoms with Crippen LogP contribution in [0.2, 0.25) is 5.02 Å². The highest BCUT2D eigenvalue weighted by molar-refractivity contribution is 6.30. The average Bonchev–Trinajstić information content (AvgIpc) is 2.30. The maximum Gasteiger partial charge on any atom is 0.244 e. The number of hydrogen-bond acceptors (Lipinski definition) is 2. The Balaban J connectivity index is 2.05. The average molecular weight is 253 g/mol. The van der Waals surface area contributed by atoms with E-state index in [2.05, 4.69) is 5.32 Å². The predicted molar refractivity (Wildman–Crippen MR) is 70.1 cm³/mol. The van der Waals surface area contributed by atoms with E-state index in [0.717, 1.165) is 25.7 Å². The Bertz CT molecular complexity index is 414. The molecule has 1 amide bonds. The summed E-state index contributed by atoms with van der Waals surface area (Å²) in [4.78, 5) is 12.1. The molecule has 3 N–H and O–H groups in total. The number of nitrogens with two attached hydrogens (primary N) is 1. The van der Waals surface area contributed by atoms with Gasteiger partial charge in [-0.25, -0.2) is 0 Å². The molecular weight excluding hydrogens is 236 g/mol. The lowest BCUT2D eigenvalue weighted by Crippen LogP contribution is -2.52. The van der Waals surface area contributed by atoms with Gasteiger partial charge in [-0.1, -0.05) is 36.9 Å². The number of nitrogens with one attached hydrogen (secondary N) is 1. The van der Waals surface area contributed by atoms with E-state index in [4.69, 9.17) is 17.3 Å². The van der Waals surface area contributed by atoms with Crippen LogP contribution >= 0.6 is 11.6 Å². The van der Waals surface area contributed by atoms with Crippen LogP contribution in [0.4, 0.5) is 5.69 Å². The summed E-state index contributed by atoms with van der Waals surface area (Å²) in [6, 6.07) is 7.12. The molecular formula is C13H17ClN2O. The first-order valence-electron chi connectivity index (χ1n) is 5.96. The molecule has 0 aliphatic heterocycles. The van der Waals surface area contributed by atoms with Crippen LogP contribution < -0.4 is 11.1 Å². The summed E-state index contributed by atoms with van der Waals surface area (Å²) in [6.45, 7) is 0. The molecule has 2 rings (SSSR count). The molecule has 0 atom stereocenters. The number of hydrogen-bond donors (Lipinski definition) is 2. The Hall–Kier alpha value is -1.06. The van der Waals surface area contributed by atoms with Gasteiger partial charge in [-0.2, -0.15) is 0 Å². The van der Waals surface area contributed by atoms with Gasteiger partial charge in [-0.05, 0) is 31.0 Å². The molecule has 1 aromatic carbocycles. The first-order chi connectivity index (χ1) is 8.10. The van der Waals surface area contributed by atoms with Gasteiger partial charge in [-0.3, -0.25) is 4.79 Å². The van der Waals surface area contributed by atoms with E-state index in [-0.39, 0.29) is 5.91 Å². The molecule has 1 fully saturated rings. The van der Waals surface area contributed by atoms with E-state index in [1.807, 2.05) is 12.1 Å². The summed E-state index contributed by atoms with van der Waals surface area (Å²) in [5, 5.41) is 3.45. The minimum absolute atomic E-state index is 0.0977. The summed E-state index contributed by atoms with van der Waals surface area (Å²) < 4.78 is 0. The minimum Gasteiger partial charge on any atom is -0.324 e. The molecule has 1 aliphatic rings. The number of carbonyl (C=O) groups excluding carboxylic acids is 1. The first-order valence-corrected chi connectivity index (χ1v) is 6.34. The van der Waals surface area contributed by atoms with Gasteiger partial charge in [0.2, 0.25) is 5.91 Å². The normalized spacial score (nSPS) is 18.7. The lowest BCUT2D eigenvalue weighted by Gasteiger charge is -2.31. The zero-order chi connectivity index (χ0) is 12.3. The second-order valence-electron chi connectivity index (χ2n) is 4.68. The predicted octanol–water partition coefficient (Wildman–Crippen LogP) is 2.94. The standard InChI is InChI=1S/C13H17ClN2O/c14-10-5-4-6-11(9-10)16-12(17)13(15)7-2-1-3-8-13/h4-6,9H,1-3,7-8,15H2,(H,16,17). The Labute approximate surface area is 106 Å². The third-order valence-electron chi connectivity index (χ3n) is 3.28. The molecule has 0 heterocycles. The fourth-order valence-corrected chi connectivity index (χ4v) is 2.42. The molecule has 1 aromatic rings. The SMILES string of the molecule is NC1(C(=O)Nc2cccc(Cl)c2)CCCCC1. The second-order valence-corrected chi connectivity index (χ2v) is 5.12. The van der Waals surface area contributed by atoms with Gasteiger partial charge in [-0.15, -0.1) is 0 Å². The van der Waals surface area contributed by atoms with Crippen LogP contribution in [0.5, 0.6) is 0 Å². The summed E-state index contributed by atoms with van der Waals surface area (Å²) in [5.74, 6) is -0.0977. The van der Waals surface area contributed by atoms with Crippen molar-refractivity contribution in [2.24, 2.45) is 5.73 Å². The van der Waals surface area contributed by atoms with Gasteiger partial charge in [0.25, 0.3) is 0 Å². The van der Waals surface area contributed by atoms with Gasteiger partial charge in [0.1, 0.15) is 0 Å². The number of halogens is 1. The molecule has 0 aromatic heterocycles. The summed E-state index contributed by atoms with van der Waals surface area (Å²) >= 11 is 5.87. The van der Waals surface area contributed by atoms with Crippen LogP contribution in [-0.2, 0) is 4.79 Å². The molecule has 0 unspecified atom stereocenters. The lowest BCUT2D eigenvalue weighted by atomic mass is 9.82. The maximum absolute atomic E-state index is 12.1. The summed E-state index contributed by atoms with van der Waals surface area (Å²) in [6.07, 6.45) is 4.75. The van der Waals surface area contributed by atoms with Crippen LogP contribution in [-0.4, -0.2) is 11.4 Å². The monoisotopic (exact) mass is 252 g/mol. The zero-order valence-corrected chi connectivity index (χ0v) is 10.5. The van der Waals surface area contributed by atoms with Crippen molar-refractivity contribution in [3.05, 3.63) is 29.3 Å². The highest BCUT2D eigenvalue weighted by atomic mass is 35.5. The molecule has 17 heavy (non-hydrogen) atoms. The second kappa shape index (κ2) is 5.07. The zero-order valence-electron chi connectivity index (χ0n) is 9.71. The fourth-order valence-electron chi connectivity index (χ4n) is 2.23. The molecule has 1 aliphatic carbocycles. The molecule has 0 spiro atoms. The first kappa shape index (κ1) is 12.4. The number of anilines is 1. The number of rotatable bonds is 2. The van der Waals surface area contributed by atoms with Gasteiger partial charge < -0.3 is 11.1 Å². The number of carbonyl (C=O) groups is 1. The van der Waals surface area contributed by atoms with E-state index >= 15 is 0 Å². The molecule has 3 nitrogen and oxygen atoms in total. The Morgan fingerprint density at radius 1 is 1.29 bits per heavy atom. The van der Waals surface area contributed by atoms with Crippen LogP contribution in [0.15, 0.2) is 24.3 Å². The van der Waals surface area contributed by atoms with E-state index in [1.54, 1.807) is 12.1 Å². The van der Waals surface area contributed by atoms with E-state index in [9.17, 15) is 4.79 Å². The minimum atomic E-state index is -0.708. The van der Waals surface area contributed by atoms with Gasteiger partial charge in [0.05, 0.1) is 5.54 Å². The summed E-state index contributed by atoms with van der Waals surface area (Å²) in [5.41, 5.74) is 6.14. The Morgan fingerprint density at radius 2 is 2.00 bits per heavy atom. The Morgan fingerprint density at radius 3 is 2.65 bits per heavy atom. The Kier molecular flexibility index (Phi) is 3.69. The van der Waals surface area contributed by atoms with Crippen LogP contribution in [0.1, 0.15) is 32.1 Å². The topological polar surface area (TPSA) is 55.1 Å². The quantitative estimate of drug-likeness (QED) is 0.850. The third-order valence-corrected chi connectivity index (χ3v) is 3.52. The van der Waals surface area contributed by atoms with Crippen LogP contribution in [0.3, 0.4) is 0 Å². The van der Waals surface area contributed by atoms with Crippen LogP contribution in [0, 0.1) is 0 Å². The molecule has 1 saturated carbocycles. The van der Waals surface area contributed by atoms with Gasteiger partial charge in [0, 0.05) is 10.7 Å². The van der Waals surface area contributed by atoms with Crippen LogP contribution in [0.25, 0.3) is 0 Å². The van der Waals surface area contributed by atoms with Gasteiger partial charge >= 0.3 is 0 Å². The van der Waals surface area contributed by atoms with Crippen molar-refractivity contribution in [2.45, 2.75) is 37.6 Å². The number of benzene rings is 1. The van der Waals surface area contributed by atoms with E-state index in [1.165, 1.54) is 6.42 Å². The van der Waals surface area contributed by atoms with Crippen molar-refractivity contribution < 1.29 is 4.79 Å². The molecule has 92 valence electrons.